The summed E-state index contributed by atoms with van der Waals surface area (Å²) in [5, 5.41) is 14.5. The first-order chi connectivity index (χ1) is 15.9. The maximum Gasteiger partial charge on any atom is 0.407 e. The molecule has 3 N–H and O–H groups in total. The van der Waals surface area contributed by atoms with Crippen molar-refractivity contribution < 1.29 is 24.2 Å². The highest BCUT2D eigenvalue weighted by atomic mass is 16.5. The molecule has 33 heavy (non-hydrogen) atoms. The van der Waals surface area contributed by atoms with E-state index in [0.717, 1.165) is 24.0 Å². The minimum atomic E-state index is -1.03. The topological polar surface area (TPSA) is 105 Å². The fourth-order valence-electron chi connectivity index (χ4n) is 4.15. The van der Waals surface area contributed by atoms with Gasteiger partial charge in [0.25, 0.3) is 0 Å². The molecule has 0 radical (unpaired) electrons. The maximum absolute atomic E-state index is 12.3. The number of benzene rings is 2. The Balaban J connectivity index is 1.45. The molecule has 2 amide bonds. The number of rotatable bonds is 11. The molecule has 0 spiro atoms. The summed E-state index contributed by atoms with van der Waals surface area (Å²) in [7, 11) is 0. The lowest BCUT2D eigenvalue weighted by Gasteiger charge is -2.18. The standard InChI is InChI=1S/C26H32N2O5/c1-3-4-13-23(25(30)31)28-24(29)17(2)14-15-27-26(32)33-16-22-20-11-7-5-9-18(20)19-10-6-8-12-21(19)22/h5-12,17,22-23H,3-4,13-16H2,1-2H3,(H,27,32)(H,28,29)(H,30,31)/t17?,23-/m0/s1. The fourth-order valence-corrected chi connectivity index (χ4v) is 4.15. The summed E-state index contributed by atoms with van der Waals surface area (Å²) >= 11 is 0. The average Bonchev–Trinajstić information content (AvgIpc) is 3.13. The number of nitrogens with one attached hydrogen (secondary N) is 2. The number of carboxylic acids is 1. The molecule has 0 aromatic heterocycles. The van der Waals surface area contributed by atoms with E-state index in [1.165, 1.54) is 11.1 Å². The van der Waals surface area contributed by atoms with Gasteiger partial charge in [-0.25, -0.2) is 9.59 Å². The van der Waals surface area contributed by atoms with E-state index >= 15 is 0 Å². The average molecular weight is 453 g/mol. The van der Waals surface area contributed by atoms with Gasteiger partial charge in [-0.15, -0.1) is 0 Å². The molecule has 7 heteroatoms. The molecule has 0 saturated heterocycles. The Hall–Kier alpha value is -3.35. The monoisotopic (exact) mass is 452 g/mol. The Kier molecular flexibility index (Phi) is 8.46. The Labute approximate surface area is 194 Å². The molecule has 0 bridgehead atoms. The number of carboxylic acid groups (broad SMARTS) is 1. The number of carbonyl (C=O) groups excluding carboxylic acids is 2. The summed E-state index contributed by atoms with van der Waals surface area (Å²) in [5.41, 5.74) is 4.63. The number of hydrogen-bond acceptors (Lipinski definition) is 4. The van der Waals surface area contributed by atoms with Gasteiger partial charge < -0.3 is 20.5 Å². The quantitative estimate of drug-likeness (QED) is 0.471. The van der Waals surface area contributed by atoms with Crippen LogP contribution < -0.4 is 10.6 Å². The number of amides is 2. The molecule has 1 unspecified atom stereocenters. The highest BCUT2D eigenvalue weighted by Crippen LogP contribution is 2.44. The van der Waals surface area contributed by atoms with E-state index in [2.05, 4.69) is 34.9 Å². The van der Waals surface area contributed by atoms with Gasteiger partial charge in [0, 0.05) is 18.4 Å². The smallest absolute Gasteiger partial charge is 0.407 e. The van der Waals surface area contributed by atoms with Gasteiger partial charge in [0.15, 0.2) is 0 Å². The molecular weight excluding hydrogens is 420 g/mol. The predicted molar refractivity (Wildman–Crippen MR) is 126 cm³/mol. The minimum Gasteiger partial charge on any atom is -0.480 e. The van der Waals surface area contributed by atoms with E-state index in [9.17, 15) is 19.5 Å². The zero-order valence-corrected chi connectivity index (χ0v) is 19.2. The molecule has 2 aromatic carbocycles. The number of fused-ring (bicyclic) bond motifs is 3. The molecule has 3 rings (SSSR count). The number of ether oxygens (including phenoxy) is 1. The molecule has 7 nitrogen and oxygen atoms in total. The van der Waals surface area contributed by atoms with Crippen molar-refractivity contribution in [2.45, 2.75) is 51.5 Å². The number of hydrogen-bond donors (Lipinski definition) is 3. The summed E-state index contributed by atoms with van der Waals surface area (Å²) in [5.74, 6) is -1.79. The number of unbranched alkanes of at least 4 members (excludes halogenated alkanes) is 1. The molecule has 0 heterocycles. The minimum absolute atomic E-state index is 0.0103. The van der Waals surface area contributed by atoms with Crippen LogP contribution in [-0.2, 0) is 14.3 Å². The second-order valence-electron chi connectivity index (χ2n) is 8.48. The van der Waals surface area contributed by atoms with E-state index < -0.39 is 24.0 Å². The summed E-state index contributed by atoms with van der Waals surface area (Å²) < 4.78 is 5.49. The molecule has 176 valence electrons. The van der Waals surface area contributed by atoms with Gasteiger partial charge >= 0.3 is 12.1 Å². The molecule has 0 fully saturated rings. The van der Waals surface area contributed by atoms with Crippen LogP contribution >= 0.6 is 0 Å². The SMILES string of the molecule is CCCC[C@H](NC(=O)C(C)CCNC(=O)OCC1c2ccccc2-c2ccccc21)C(=O)O. The molecular formula is C26H32N2O5. The lowest BCUT2D eigenvalue weighted by Crippen LogP contribution is -2.43. The van der Waals surface area contributed by atoms with Crippen LogP contribution in [0.25, 0.3) is 11.1 Å². The van der Waals surface area contributed by atoms with Crippen molar-refractivity contribution in [1.82, 2.24) is 10.6 Å². The molecule has 0 aliphatic heterocycles. The molecule has 1 aliphatic rings. The summed E-state index contributed by atoms with van der Waals surface area (Å²) in [4.78, 5) is 35.9. The third-order valence-electron chi connectivity index (χ3n) is 6.10. The van der Waals surface area contributed by atoms with E-state index in [-0.39, 0.29) is 25.0 Å². The fraction of sp³-hybridized carbons (Fsp3) is 0.423. The van der Waals surface area contributed by atoms with Crippen LogP contribution in [0.4, 0.5) is 4.79 Å². The molecule has 1 aliphatic carbocycles. The van der Waals surface area contributed by atoms with Crippen LogP contribution in [0, 0.1) is 5.92 Å². The lowest BCUT2D eigenvalue weighted by atomic mass is 9.98. The Morgan fingerprint density at radius 1 is 1.00 bits per heavy atom. The van der Waals surface area contributed by atoms with Crippen molar-refractivity contribution in [3.05, 3.63) is 59.7 Å². The molecule has 2 atom stereocenters. The second-order valence-corrected chi connectivity index (χ2v) is 8.48. The van der Waals surface area contributed by atoms with Gasteiger partial charge in [0.2, 0.25) is 5.91 Å². The maximum atomic E-state index is 12.3. The summed E-state index contributed by atoms with van der Waals surface area (Å²) in [6.07, 6.45) is 1.85. The third kappa shape index (κ3) is 6.12. The summed E-state index contributed by atoms with van der Waals surface area (Å²) in [6.45, 7) is 4.18. The zero-order valence-electron chi connectivity index (χ0n) is 19.2. The largest absolute Gasteiger partial charge is 0.480 e. The zero-order chi connectivity index (χ0) is 23.8. The van der Waals surface area contributed by atoms with Crippen LogP contribution in [-0.4, -0.2) is 42.3 Å². The van der Waals surface area contributed by atoms with Crippen LogP contribution in [0.5, 0.6) is 0 Å². The van der Waals surface area contributed by atoms with E-state index in [4.69, 9.17) is 4.74 Å². The van der Waals surface area contributed by atoms with Crippen LogP contribution in [0.2, 0.25) is 0 Å². The van der Waals surface area contributed by atoms with E-state index in [1.54, 1.807) is 6.92 Å². The van der Waals surface area contributed by atoms with Crippen LogP contribution in [0.15, 0.2) is 48.5 Å². The Morgan fingerprint density at radius 3 is 2.18 bits per heavy atom. The Bertz CT molecular complexity index is 945. The van der Waals surface area contributed by atoms with Gasteiger partial charge in [-0.3, -0.25) is 4.79 Å². The van der Waals surface area contributed by atoms with E-state index in [0.29, 0.717) is 12.8 Å². The predicted octanol–water partition coefficient (Wildman–Crippen LogP) is 4.31. The summed E-state index contributed by atoms with van der Waals surface area (Å²) in [6, 6.07) is 15.4. The van der Waals surface area contributed by atoms with Crippen molar-refractivity contribution in [1.29, 1.82) is 0 Å². The van der Waals surface area contributed by atoms with Crippen LogP contribution in [0.1, 0.15) is 56.6 Å². The van der Waals surface area contributed by atoms with Gasteiger partial charge in [-0.1, -0.05) is 75.2 Å². The van der Waals surface area contributed by atoms with Crippen molar-refractivity contribution in [2.24, 2.45) is 5.92 Å². The highest BCUT2D eigenvalue weighted by Gasteiger charge is 2.29. The van der Waals surface area contributed by atoms with Gasteiger partial charge in [-0.05, 0) is 35.1 Å². The first-order valence-corrected chi connectivity index (χ1v) is 11.5. The highest BCUT2D eigenvalue weighted by molar-refractivity contribution is 5.84. The normalized spacial score (nSPS) is 14.0. The Morgan fingerprint density at radius 2 is 1.61 bits per heavy atom. The first kappa shape index (κ1) is 24.3. The number of alkyl carbamates (subject to hydrolysis) is 1. The van der Waals surface area contributed by atoms with Crippen molar-refractivity contribution in [3.63, 3.8) is 0 Å². The first-order valence-electron chi connectivity index (χ1n) is 11.5. The van der Waals surface area contributed by atoms with Crippen LogP contribution in [0.3, 0.4) is 0 Å². The second kappa shape index (κ2) is 11.5. The molecule has 2 aromatic rings. The van der Waals surface area contributed by atoms with Gasteiger partial charge in [0.1, 0.15) is 12.6 Å². The van der Waals surface area contributed by atoms with E-state index in [1.807, 2.05) is 31.2 Å². The third-order valence-corrected chi connectivity index (χ3v) is 6.10. The van der Waals surface area contributed by atoms with Crippen molar-refractivity contribution >= 4 is 18.0 Å². The number of carbonyl (C=O) groups is 3. The van der Waals surface area contributed by atoms with Gasteiger partial charge in [0.05, 0.1) is 0 Å². The molecule has 0 saturated carbocycles. The van der Waals surface area contributed by atoms with Crippen molar-refractivity contribution in [2.75, 3.05) is 13.2 Å². The lowest BCUT2D eigenvalue weighted by molar-refractivity contribution is -0.142. The number of aliphatic carboxylic acids is 1. The van der Waals surface area contributed by atoms with Crippen molar-refractivity contribution in [3.8, 4) is 11.1 Å². The van der Waals surface area contributed by atoms with Gasteiger partial charge in [-0.2, -0.15) is 0 Å².